The van der Waals surface area contributed by atoms with Gasteiger partial charge < -0.3 is 15.4 Å². The molecular weight excluding hydrogens is 356 g/mol. The molecule has 0 radical (unpaired) electrons. The highest BCUT2D eigenvalue weighted by atomic mass is 16.5. The zero-order chi connectivity index (χ0) is 19.3. The minimum Gasteiger partial charge on any atom is -0.376 e. The quantitative estimate of drug-likeness (QED) is 0.651. The Morgan fingerprint density at radius 3 is 2.86 bits per heavy atom. The number of anilines is 1. The number of nitrogens with one attached hydrogen (secondary N) is 2. The molecule has 1 aliphatic rings. The molecule has 0 unspecified atom stereocenters. The van der Waals surface area contributed by atoms with Crippen LogP contribution in [-0.2, 0) is 11.2 Å². The first-order valence-corrected chi connectivity index (χ1v) is 9.61. The second-order valence-corrected chi connectivity index (χ2v) is 6.99. The van der Waals surface area contributed by atoms with Gasteiger partial charge in [0.2, 0.25) is 0 Å². The maximum Gasteiger partial charge on any atom is 0.251 e. The van der Waals surface area contributed by atoms with Gasteiger partial charge in [-0.2, -0.15) is 4.52 Å². The van der Waals surface area contributed by atoms with Gasteiger partial charge in [0.25, 0.3) is 5.91 Å². The summed E-state index contributed by atoms with van der Waals surface area (Å²) < 4.78 is 7.35. The number of aromatic nitrogens is 4. The molecule has 1 aromatic carbocycles. The van der Waals surface area contributed by atoms with Crippen molar-refractivity contribution in [2.75, 3.05) is 25.0 Å². The van der Waals surface area contributed by atoms with E-state index in [2.05, 4.69) is 25.9 Å². The van der Waals surface area contributed by atoms with E-state index in [1.54, 1.807) is 4.52 Å². The molecule has 0 bridgehead atoms. The maximum absolute atomic E-state index is 12.2. The molecule has 28 heavy (non-hydrogen) atoms. The van der Waals surface area contributed by atoms with E-state index in [0.29, 0.717) is 30.0 Å². The fourth-order valence-corrected chi connectivity index (χ4v) is 3.20. The third-order valence-electron chi connectivity index (χ3n) is 4.81. The highest BCUT2D eigenvalue weighted by Gasteiger charge is 2.15. The molecule has 1 aliphatic heterocycles. The van der Waals surface area contributed by atoms with Crippen molar-refractivity contribution in [2.24, 2.45) is 0 Å². The molecule has 8 heteroatoms. The number of hydrogen-bond acceptors (Lipinski definition) is 6. The Bertz CT molecular complexity index is 947. The van der Waals surface area contributed by atoms with Crippen LogP contribution in [0.25, 0.3) is 5.65 Å². The number of nitrogens with zero attached hydrogens (tertiary/aromatic N) is 4. The number of hydrogen-bond donors (Lipinski definition) is 2. The molecule has 0 saturated carbocycles. The summed E-state index contributed by atoms with van der Waals surface area (Å²) in [6.07, 6.45) is 2.98. The number of carbonyl (C=O) groups excluding carboxylic acids is 1. The first kappa shape index (κ1) is 18.4. The van der Waals surface area contributed by atoms with Gasteiger partial charge in [-0.3, -0.25) is 4.79 Å². The van der Waals surface area contributed by atoms with Crippen LogP contribution in [0.1, 0.15) is 34.6 Å². The lowest BCUT2D eigenvalue weighted by molar-refractivity contribution is 0.0954. The minimum absolute atomic E-state index is 0.0966. The molecule has 1 fully saturated rings. The van der Waals surface area contributed by atoms with E-state index < -0.39 is 0 Å². The monoisotopic (exact) mass is 380 g/mol. The first-order chi connectivity index (χ1) is 13.7. The topological polar surface area (TPSA) is 93.4 Å². The van der Waals surface area contributed by atoms with E-state index in [9.17, 15) is 4.79 Å². The largest absolute Gasteiger partial charge is 0.376 e. The summed E-state index contributed by atoms with van der Waals surface area (Å²) in [5.41, 5.74) is 2.46. The Labute approximate surface area is 163 Å². The SMILES string of the molecule is Cc1ccc(C(=O)NCCc2nnc3ccc(NC[C@@H]4CCCO4)nn23)cc1. The van der Waals surface area contributed by atoms with E-state index in [0.717, 1.165) is 37.4 Å². The van der Waals surface area contributed by atoms with Gasteiger partial charge in [0.15, 0.2) is 11.5 Å². The van der Waals surface area contributed by atoms with Crippen molar-refractivity contribution in [1.82, 2.24) is 25.1 Å². The summed E-state index contributed by atoms with van der Waals surface area (Å²) in [5, 5.41) is 19.2. The second kappa shape index (κ2) is 8.35. The highest BCUT2D eigenvalue weighted by Crippen LogP contribution is 2.13. The van der Waals surface area contributed by atoms with Gasteiger partial charge in [-0.05, 0) is 44.0 Å². The van der Waals surface area contributed by atoms with Crippen LogP contribution in [0.15, 0.2) is 36.4 Å². The van der Waals surface area contributed by atoms with Crippen LogP contribution in [0.5, 0.6) is 0 Å². The van der Waals surface area contributed by atoms with Crippen LogP contribution in [0.3, 0.4) is 0 Å². The van der Waals surface area contributed by atoms with Crippen molar-refractivity contribution in [3.8, 4) is 0 Å². The van der Waals surface area contributed by atoms with Gasteiger partial charge >= 0.3 is 0 Å². The minimum atomic E-state index is -0.0966. The van der Waals surface area contributed by atoms with E-state index in [1.807, 2.05) is 43.3 Å². The van der Waals surface area contributed by atoms with Crippen LogP contribution < -0.4 is 10.6 Å². The van der Waals surface area contributed by atoms with E-state index in [1.165, 1.54) is 0 Å². The molecule has 1 saturated heterocycles. The molecule has 2 aromatic heterocycles. The molecule has 3 heterocycles. The second-order valence-electron chi connectivity index (χ2n) is 6.99. The predicted octanol–water partition coefficient (Wildman–Crippen LogP) is 2.00. The van der Waals surface area contributed by atoms with Crippen molar-refractivity contribution in [3.05, 3.63) is 53.3 Å². The van der Waals surface area contributed by atoms with Gasteiger partial charge in [0.05, 0.1) is 6.10 Å². The lowest BCUT2D eigenvalue weighted by Crippen LogP contribution is -2.26. The fourth-order valence-electron chi connectivity index (χ4n) is 3.20. The number of ether oxygens (including phenoxy) is 1. The number of amides is 1. The van der Waals surface area contributed by atoms with Gasteiger partial charge in [-0.15, -0.1) is 15.3 Å². The van der Waals surface area contributed by atoms with Gasteiger partial charge in [-0.25, -0.2) is 0 Å². The smallest absolute Gasteiger partial charge is 0.251 e. The molecular formula is C20H24N6O2. The van der Waals surface area contributed by atoms with Gasteiger partial charge in [0.1, 0.15) is 5.82 Å². The maximum atomic E-state index is 12.2. The molecule has 1 amide bonds. The van der Waals surface area contributed by atoms with Crippen molar-refractivity contribution in [1.29, 1.82) is 0 Å². The Hall–Kier alpha value is -3.00. The summed E-state index contributed by atoms with van der Waals surface area (Å²) in [5.74, 6) is 1.37. The average Bonchev–Trinajstić information content (AvgIpc) is 3.37. The van der Waals surface area contributed by atoms with Gasteiger partial charge in [0, 0.05) is 31.7 Å². The molecule has 146 valence electrons. The number of aryl methyl sites for hydroxylation is 1. The summed E-state index contributed by atoms with van der Waals surface area (Å²) in [6, 6.07) is 11.3. The van der Waals surface area contributed by atoms with Crippen LogP contribution in [0, 0.1) is 6.92 Å². The summed E-state index contributed by atoms with van der Waals surface area (Å²) in [7, 11) is 0. The van der Waals surface area contributed by atoms with Crippen molar-refractivity contribution >= 4 is 17.4 Å². The third-order valence-corrected chi connectivity index (χ3v) is 4.81. The normalized spacial score (nSPS) is 16.4. The molecule has 2 N–H and O–H groups in total. The van der Waals surface area contributed by atoms with Crippen LogP contribution in [0.4, 0.5) is 5.82 Å². The molecule has 3 aromatic rings. The molecule has 1 atom stereocenters. The fraction of sp³-hybridized carbons (Fsp3) is 0.400. The lowest BCUT2D eigenvalue weighted by Gasteiger charge is -2.11. The van der Waals surface area contributed by atoms with Crippen molar-refractivity contribution < 1.29 is 9.53 Å². The Kier molecular flexibility index (Phi) is 5.48. The highest BCUT2D eigenvalue weighted by molar-refractivity contribution is 5.94. The van der Waals surface area contributed by atoms with Gasteiger partial charge in [-0.1, -0.05) is 17.7 Å². The number of rotatable bonds is 7. The molecule has 0 aliphatic carbocycles. The zero-order valence-corrected chi connectivity index (χ0v) is 15.9. The van der Waals surface area contributed by atoms with Crippen LogP contribution in [-0.4, -0.2) is 51.5 Å². The number of fused-ring (bicyclic) bond motifs is 1. The number of benzene rings is 1. The van der Waals surface area contributed by atoms with Crippen LogP contribution >= 0.6 is 0 Å². The molecule has 8 nitrogen and oxygen atoms in total. The van der Waals surface area contributed by atoms with E-state index in [-0.39, 0.29) is 12.0 Å². The summed E-state index contributed by atoms with van der Waals surface area (Å²) >= 11 is 0. The lowest BCUT2D eigenvalue weighted by atomic mass is 10.1. The molecule has 4 rings (SSSR count). The summed E-state index contributed by atoms with van der Waals surface area (Å²) in [6.45, 7) is 4.03. The number of carbonyl (C=O) groups is 1. The van der Waals surface area contributed by atoms with Crippen molar-refractivity contribution in [2.45, 2.75) is 32.3 Å². The Morgan fingerprint density at radius 2 is 2.07 bits per heavy atom. The predicted molar refractivity (Wildman–Crippen MR) is 105 cm³/mol. The molecule has 0 spiro atoms. The Morgan fingerprint density at radius 1 is 1.21 bits per heavy atom. The summed E-state index contributed by atoms with van der Waals surface area (Å²) in [4.78, 5) is 12.2. The third kappa shape index (κ3) is 4.28. The standard InChI is InChI=1S/C20H24N6O2/c1-14-4-6-15(7-5-14)20(27)21-11-10-19-24-23-18-9-8-17(25-26(18)19)22-13-16-3-2-12-28-16/h4-9,16H,2-3,10-13H2,1H3,(H,21,27)(H,22,25)/t16-/m0/s1. The van der Waals surface area contributed by atoms with E-state index in [4.69, 9.17) is 4.74 Å². The van der Waals surface area contributed by atoms with Crippen molar-refractivity contribution in [3.63, 3.8) is 0 Å². The van der Waals surface area contributed by atoms with E-state index >= 15 is 0 Å². The zero-order valence-electron chi connectivity index (χ0n) is 15.9. The first-order valence-electron chi connectivity index (χ1n) is 9.61. The Balaban J connectivity index is 1.35. The van der Waals surface area contributed by atoms with Crippen LogP contribution in [0.2, 0.25) is 0 Å². The average molecular weight is 380 g/mol.